The van der Waals surface area contributed by atoms with E-state index in [-0.39, 0.29) is 5.52 Å². The van der Waals surface area contributed by atoms with Crippen molar-refractivity contribution in [1.29, 1.82) is 0 Å². The van der Waals surface area contributed by atoms with Gasteiger partial charge in [-0.3, -0.25) is 9.59 Å². The first-order chi connectivity index (χ1) is 6.22. The minimum absolute atomic E-state index is 0.222. The summed E-state index contributed by atoms with van der Waals surface area (Å²) in [4.78, 5) is 21.0. The Balaban J connectivity index is 2.59. The van der Waals surface area contributed by atoms with Crippen LogP contribution in [0.4, 0.5) is 0 Å². The highest BCUT2D eigenvalue weighted by atomic mass is 31.1. The van der Waals surface area contributed by atoms with Crippen LogP contribution in [0.15, 0.2) is 24.3 Å². The van der Waals surface area contributed by atoms with Crippen LogP contribution in [0.5, 0.6) is 0 Å². The fourth-order valence-corrected chi connectivity index (χ4v) is 1.63. The van der Waals surface area contributed by atoms with Crippen molar-refractivity contribution < 1.29 is 9.59 Å². The molecule has 1 aromatic rings. The van der Waals surface area contributed by atoms with Gasteiger partial charge in [-0.2, -0.15) is 0 Å². The molecule has 0 bridgehead atoms. The Morgan fingerprint density at radius 1 is 1.38 bits per heavy atom. The summed E-state index contributed by atoms with van der Waals surface area (Å²) in [5, 5.41) is 0. The summed E-state index contributed by atoms with van der Waals surface area (Å²) < 4.78 is 0. The minimum Gasteiger partial charge on any atom is -0.298 e. The number of carbonyl (C=O) groups is 2. The highest BCUT2D eigenvalue weighted by Gasteiger charge is 1.96. The van der Waals surface area contributed by atoms with Gasteiger partial charge in [-0.05, 0) is 27.2 Å². The maximum atomic E-state index is 10.7. The lowest BCUT2D eigenvalue weighted by Crippen LogP contribution is -1.84. The molecule has 0 N–H and O–H groups in total. The molecule has 0 amide bonds. The summed E-state index contributed by atoms with van der Waals surface area (Å²) in [5.41, 5.74) is 2.01. The fourth-order valence-electron chi connectivity index (χ4n) is 0.941. The van der Waals surface area contributed by atoms with Crippen LogP contribution in [0.3, 0.4) is 0 Å². The van der Waals surface area contributed by atoms with E-state index in [1.54, 1.807) is 19.1 Å². The van der Waals surface area contributed by atoms with Gasteiger partial charge in [0.25, 0.3) is 0 Å². The predicted octanol–water partition coefficient (Wildman–Crippen LogP) is 2.22. The van der Waals surface area contributed by atoms with Crippen molar-refractivity contribution in [1.82, 2.24) is 0 Å². The van der Waals surface area contributed by atoms with E-state index in [4.69, 9.17) is 0 Å². The van der Waals surface area contributed by atoms with E-state index < -0.39 is 0 Å². The molecule has 13 heavy (non-hydrogen) atoms. The fraction of sp³-hybridized carbons (Fsp3) is 0.200. The van der Waals surface area contributed by atoms with Gasteiger partial charge in [-0.15, -0.1) is 0 Å². The van der Waals surface area contributed by atoms with Gasteiger partial charge in [0.1, 0.15) is 11.8 Å². The van der Waals surface area contributed by atoms with Crippen molar-refractivity contribution in [2.75, 3.05) is 0 Å². The molecule has 1 unspecified atom stereocenters. The predicted molar refractivity (Wildman–Crippen MR) is 54.5 cm³/mol. The molecule has 1 rings (SSSR count). The van der Waals surface area contributed by atoms with Crippen molar-refractivity contribution in [3.63, 3.8) is 0 Å². The van der Waals surface area contributed by atoms with Gasteiger partial charge in [0.05, 0.1) is 0 Å². The van der Waals surface area contributed by atoms with Crippen LogP contribution in [0.1, 0.15) is 22.8 Å². The molecule has 0 aromatic heterocycles. The SMILES string of the molecule is CC(=O)PCc1ccc(C=O)cc1. The van der Waals surface area contributed by atoms with Crippen molar-refractivity contribution >= 4 is 20.4 Å². The molecule has 68 valence electrons. The maximum absolute atomic E-state index is 10.7. The summed E-state index contributed by atoms with van der Waals surface area (Å²) in [6.07, 6.45) is 1.60. The summed E-state index contributed by atoms with van der Waals surface area (Å²) in [5.74, 6) is 0. The molecule has 0 aliphatic heterocycles. The van der Waals surface area contributed by atoms with E-state index in [0.29, 0.717) is 14.1 Å². The van der Waals surface area contributed by atoms with Crippen LogP contribution in [0.2, 0.25) is 0 Å². The quantitative estimate of drug-likeness (QED) is 0.544. The molecule has 1 aromatic carbocycles. The molecule has 0 aliphatic rings. The maximum Gasteiger partial charge on any atom is 0.150 e. The Morgan fingerprint density at radius 3 is 2.46 bits per heavy atom. The molecule has 0 aliphatic carbocycles. The highest BCUT2D eigenvalue weighted by molar-refractivity contribution is 7.56. The van der Waals surface area contributed by atoms with Crippen molar-refractivity contribution in [3.05, 3.63) is 35.4 Å². The summed E-state index contributed by atoms with van der Waals surface area (Å²) in [6, 6.07) is 7.32. The molecule has 3 heteroatoms. The Bertz CT molecular complexity index is 303. The number of hydrogen-bond acceptors (Lipinski definition) is 2. The molecular weight excluding hydrogens is 183 g/mol. The van der Waals surface area contributed by atoms with E-state index in [1.165, 1.54) is 0 Å². The lowest BCUT2D eigenvalue weighted by Gasteiger charge is -1.98. The lowest BCUT2D eigenvalue weighted by atomic mass is 10.2. The normalized spacial score (nSPS) is 10.5. The van der Waals surface area contributed by atoms with Crippen molar-refractivity contribution in [3.8, 4) is 0 Å². The first kappa shape index (κ1) is 10.1. The monoisotopic (exact) mass is 194 g/mol. The molecule has 0 saturated heterocycles. The third-order valence-electron chi connectivity index (χ3n) is 1.66. The molecule has 0 fully saturated rings. The Hall–Kier alpha value is -1.01. The minimum atomic E-state index is 0.222. The van der Waals surface area contributed by atoms with E-state index in [0.717, 1.165) is 18.0 Å². The summed E-state index contributed by atoms with van der Waals surface area (Å²) in [7, 11) is 0.336. The van der Waals surface area contributed by atoms with E-state index >= 15 is 0 Å². The van der Waals surface area contributed by atoms with Crippen LogP contribution in [0.25, 0.3) is 0 Å². The number of hydrogen-bond donors (Lipinski definition) is 0. The van der Waals surface area contributed by atoms with Gasteiger partial charge in [0.2, 0.25) is 0 Å². The highest BCUT2D eigenvalue weighted by Crippen LogP contribution is 2.18. The topological polar surface area (TPSA) is 34.1 Å². The van der Waals surface area contributed by atoms with Gasteiger partial charge in [0, 0.05) is 5.56 Å². The zero-order chi connectivity index (χ0) is 9.68. The smallest absolute Gasteiger partial charge is 0.150 e. The second-order valence-corrected chi connectivity index (χ2v) is 4.18. The molecule has 0 radical (unpaired) electrons. The molecule has 0 spiro atoms. The van der Waals surface area contributed by atoms with Gasteiger partial charge in [0.15, 0.2) is 0 Å². The van der Waals surface area contributed by atoms with Gasteiger partial charge in [-0.25, -0.2) is 0 Å². The Kier molecular flexibility index (Phi) is 3.78. The van der Waals surface area contributed by atoms with Crippen molar-refractivity contribution in [2.45, 2.75) is 13.1 Å². The van der Waals surface area contributed by atoms with Crippen LogP contribution < -0.4 is 0 Å². The number of carbonyl (C=O) groups excluding carboxylic acids is 2. The Labute approximate surface area is 79.1 Å². The zero-order valence-electron chi connectivity index (χ0n) is 7.41. The van der Waals surface area contributed by atoms with Gasteiger partial charge < -0.3 is 0 Å². The van der Waals surface area contributed by atoms with Crippen LogP contribution >= 0.6 is 8.58 Å². The summed E-state index contributed by atoms with van der Waals surface area (Å²) in [6.45, 7) is 1.60. The second-order valence-electron chi connectivity index (χ2n) is 2.77. The van der Waals surface area contributed by atoms with Crippen LogP contribution in [-0.2, 0) is 11.0 Å². The number of benzene rings is 1. The zero-order valence-corrected chi connectivity index (χ0v) is 8.41. The van der Waals surface area contributed by atoms with Gasteiger partial charge >= 0.3 is 0 Å². The molecule has 0 saturated carbocycles. The second kappa shape index (κ2) is 4.88. The number of rotatable bonds is 4. The van der Waals surface area contributed by atoms with Gasteiger partial charge in [-0.1, -0.05) is 24.3 Å². The van der Waals surface area contributed by atoms with E-state index in [2.05, 4.69) is 0 Å². The first-order valence-electron chi connectivity index (χ1n) is 4.01. The Morgan fingerprint density at radius 2 is 2.00 bits per heavy atom. The molecule has 1 atom stereocenters. The van der Waals surface area contributed by atoms with Crippen molar-refractivity contribution in [2.24, 2.45) is 0 Å². The summed E-state index contributed by atoms with van der Waals surface area (Å²) >= 11 is 0. The third-order valence-corrected chi connectivity index (χ3v) is 2.74. The molecule has 0 heterocycles. The van der Waals surface area contributed by atoms with E-state index in [1.807, 2.05) is 12.1 Å². The molecule has 2 nitrogen and oxygen atoms in total. The molecular formula is C10H11O2P. The van der Waals surface area contributed by atoms with E-state index in [9.17, 15) is 9.59 Å². The van der Waals surface area contributed by atoms with Crippen LogP contribution in [-0.4, -0.2) is 11.8 Å². The largest absolute Gasteiger partial charge is 0.298 e. The van der Waals surface area contributed by atoms with Crippen LogP contribution in [0, 0.1) is 0 Å². The lowest BCUT2D eigenvalue weighted by molar-refractivity contribution is -0.109. The average molecular weight is 194 g/mol. The third kappa shape index (κ3) is 3.47. The number of aldehydes is 1. The first-order valence-corrected chi connectivity index (χ1v) is 5.21. The standard InChI is InChI=1S/C10H11O2P/c1-8(12)13-7-10-4-2-9(6-11)3-5-10/h2-6,13H,7H2,1H3. The average Bonchev–Trinajstić information content (AvgIpc) is 2.15.